The van der Waals surface area contributed by atoms with E-state index in [1.165, 1.54) is 0 Å². The zero-order valence-electron chi connectivity index (χ0n) is 19.3. The van der Waals surface area contributed by atoms with E-state index in [0.29, 0.717) is 51.7 Å². The van der Waals surface area contributed by atoms with E-state index < -0.39 is 29.7 Å². The largest absolute Gasteiger partial charge is 0.374 e. The topological polar surface area (TPSA) is 146 Å². The van der Waals surface area contributed by atoms with Gasteiger partial charge in [-0.15, -0.1) is 0 Å². The third-order valence-corrected chi connectivity index (χ3v) is 5.73. The highest BCUT2D eigenvalue weighted by Crippen LogP contribution is 2.20. The van der Waals surface area contributed by atoms with Crippen LogP contribution >= 0.6 is 0 Å². The molecule has 0 aromatic heterocycles. The molecule has 2 heterocycles. The number of allylic oxidation sites excluding steroid dienone is 1. The number of hydrogen-bond donors (Lipinski definition) is 5. The van der Waals surface area contributed by atoms with Crippen LogP contribution < -0.4 is 21.4 Å². The average Bonchev–Trinajstić information content (AvgIpc) is 2.84. The number of unbranched alkanes of at least 4 members (excludes halogenated alkanes) is 2. The van der Waals surface area contributed by atoms with E-state index in [2.05, 4.69) is 16.0 Å². The zero-order valence-corrected chi connectivity index (χ0v) is 19.3. The Labute approximate surface area is 198 Å². The minimum atomic E-state index is -0.945. The Morgan fingerprint density at radius 1 is 1.15 bits per heavy atom. The molecule has 5 N–H and O–H groups in total. The van der Waals surface area contributed by atoms with Gasteiger partial charge in [-0.25, -0.2) is 5.48 Å². The Balaban J connectivity index is 1.99. The lowest BCUT2D eigenvalue weighted by Gasteiger charge is -2.24. The van der Waals surface area contributed by atoms with Crippen LogP contribution in [0.25, 0.3) is 0 Å². The Kier molecular flexibility index (Phi) is 12.3. The molecule has 2 bridgehead atoms. The van der Waals surface area contributed by atoms with Crippen molar-refractivity contribution in [2.24, 2.45) is 5.92 Å². The maximum absolute atomic E-state index is 12.8. The molecule has 0 saturated heterocycles. The lowest BCUT2D eigenvalue weighted by molar-refractivity contribution is -0.137. The first-order valence-electron chi connectivity index (χ1n) is 11.8. The second-order valence-electron chi connectivity index (χ2n) is 8.44. The van der Waals surface area contributed by atoms with Gasteiger partial charge in [0.25, 0.3) is 0 Å². The molecule has 3 atom stereocenters. The number of alkyl halides is 1. The highest BCUT2D eigenvalue weighted by atomic mass is 19.1. The maximum Gasteiger partial charge on any atom is 0.246 e. The van der Waals surface area contributed by atoms with Gasteiger partial charge in [0.05, 0.1) is 19.3 Å². The number of carbonyl (C=O) groups excluding carboxylic acids is 4. The third-order valence-electron chi connectivity index (χ3n) is 5.73. The average molecular weight is 483 g/mol. The number of carbonyl (C=O) groups is 4. The van der Waals surface area contributed by atoms with Crippen molar-refractivity contribution in [2.75, 3.05) is 26.4 Å². The number of ether oxygens (including phenoxy) is 1. The minimum Gasteiger partial charge on any atom is -0.374 e. The smallest absolute Gasteiger partial charge is 0.246 e. The van der Waals surface area contributed by atoms with Gasteiger partial charge in [0.1, 0.15) is 6.04 Å². The second-order valence-corrected chi connectivity index (χ2v) is 8.44. The lowest BCUT2D eigenvalue weighted by atomic mass is 9.95. The van der Waals surface area contributed by atoms with Crippen LogP contribution in [0.15, 0.2) is 23.8 Å². The SMILES string of the molecule is O=C(CNC(=O)[C@@H]1CC2=CCC(C=C2)OCCC[C@H](C(=O)NO)CC(=O)N1)NCCCCCF. The molecular formula is C23H35FN4O6. The van der Waals surface area contributed by atoms with Gasteiger partial charge >= 0.3 is 0 Å². The fourth-order valence-corrected chi connectivity index (χ4v) is 3.80. The number of hydroxylamine groups is 1. The summed E-state index contributed by atoms with van der Waals surface area (Å²) in [5, 5.41) is 16.9. The van der Waals surface area contributed by atoms with E-state index in [4.69, 9.17) is 9.94 Å². The van der Waals surface area contributed by atoms with E-state index >= 15 is 0 Å². The van der Waals surface area contributed by atoms with E-state index in [0.717, 1.165) is 5.57 Å². The van der Waals surface area contributed by atoms with Gasteiger partial charge in [-0.1, -0.05) is 18.2 Å². The van der Waals surface area contributed by atoms with Crippen LogP contribution in [-0.4, -0.2) is 67.4 Å². The molecule has 4 amide bonds. The molecule has 0 aromatic carbocycles. The summed E-state index contributed by atoms with van der Waals surface area (Å²) in [5.41, 5.74) is 2.44. The van der Waals surface area contributed by atoms with Crippen LogP contribution in [0.2, 0.25) is 0 Å². The summed E-state index contributed by atoms with van der Waals surface area (Å²) in [4.78, 5) is 49.4. The maximum atomic E-state index is 12.8. The van der Waals surface area contributed by atoms with Crippen molar-refractivity contribution in [3.8, 4) is 0 Å². The highest BCUT2D eigenvalue weighted by molar-refractivity contribution is 5.92. The summed E-state index contributed by atoms with van der Waals surface area (Å²) in [6.45, 7) is 0.165. The van der Waals surface area contributed by atoms with E-state index in [-0.39, 0.29) is 38.1 Å². The van der Waals surface area contributed by atoms with E-state index in [1.807, 2.05) is 18.2 Å². The number of fused-ring (bicyclic) bond motifs is 10. The van der Waals surface area contributed by atoms with Crippen molar-refractivity contribution >= 4 is 23.6 Å². The number of halogens is 1. The quantitative estimate of drug-likeness (QED) is 0.187. The molecule has 0 fully saturated rings. The summed E-state index contributed by atoms with van der Waals surface area (Å²) in [5.74, 6) is -2.85. The standard InChI is InChI=1S/C23H35FN4O6/c24-10-2-1-3-11-25-21(30)15-26-23(32)19-13-16-6-8-18(9-7-16)34-12-4-5-17(22(31)28-33)14-20(29)27-19/h6-8,17-19,33H,1-5,9-15H2,(H,25,30)(H,26,32)(H,27,29)(H,28,31)/t17-,18?,19-/m0/s1. The van der Waals surface area contributed by atoms with Crippen LogP contribution in [0.3, 0.4) is 0 Å². The van der Waals surface area contributed by atoms with Crippen molar-refractivity contribution in [1.82, 2.24) is 21.4 Å². The highest BCUT2D eigenvalue weighted by Gasteiger charge is 2.27. The first-order chi connectivity index (χ1) is 16.4. The number of nitrogens with one attached hydrogen (secondary N) is 4. The van der Waals surface area contributed by atoms with Crippen LogP contribution in [0.5, 0.6) is 0 Å². The summed E-state index contributed by atoms with van der Waals surface area (Å²) >= 11 is 0. The van der Waals surface area contributed by atoms with Crippen molar-refractivity contribution in [3.63, 3.8) is 0 Å². The van der Waals surface area contributed by atoms with Gasteiger partial charge < -0.3 is 20.7 Å². The van der Waals surface area contributed by atoms with Crippen molar-refractivity contribution < 1.29 is 33.5 Å². The summed E-state index contributed by atoms with van der Waals surface area (Å²) in [6, 6.07) is -0.945. The van der Waals surface area contributed by atoms with Gasteiger partial charge in [-0.3, -0.25) is 28.8 Å². The van der Waals surface area contributed by atoms with Gasteiger partial charge in [-0.05, 0) is 44.1 Å². The molecule has 1 aliphatic carbocycles. The van der Waals surface area contributed by atoms with Crippen LogP contribution in [0.1, 0.15) is 51.4 Å². The summed E-state index contributed by atoms with van der Waals surface area (Å²) in [7, 11) is 0. The molecule has 10 nitrogen and oxygen atoms in total. The molecule has 0 saturated carbocycles. The fourth-order valence-electron chi connectivity index (χ4n) is 3.80. The lowest BCUT2D eigenvalue weighted by Crippen LogP contribution is -2.49. The Morgan fingerprint density at radius 3 is 2.68 bits per heavy atom. The Bertz CT molecular complexity index is 773. The predicted octanol–water partition coefficient (Wildman–Crippen LogP) is 0.811. The molecule has 11 heteroatoms. The molecule has 34 heavy (non-hydrogen) atoms. The van der Waals surface area contributed by atoms with Crippen LogP contribution in [0.4, 0.5) is 4.39 Å². The third kappa shape index (κ3) is 10.0. The van der Waals surface area contributed by atoms with E-state index in [1.54, 1.807) is 5.48 Å². The fraction of sp³-hybridized carbons (Fsp3) is 0.652. The molecule has 2 aliphatic heterocycles. The summed E-state index contributed by atoms with van der Waals surface area (Å²) < 4.78 is 17.9. The number of hydrogen-bond acceptors (Lipinski definition) is 6. The monoisotopic (exact) mass is 482 g/mol. The van der Waals surface area contributed by atoms with Crippen LogP contribution in [-0.2, 0) is 23.9 Å². The number of rotatable bonds is 9. The van der Waals surface area contributed by atoms with Crippen LogP contribution in [0, 0.1) is 5.92 Å². The molecule has 190 valence electrons. The molecule has 0 aromatic rings. The molecular weight excluding hydrogens is 447 g/mol. The minimum absolute atomic E-state index is 0.104. The first-order valence-corrected chi connectivity index (χ1v) is 11.8. The Morgan fingerprint density at radius 2 is 1.97 bits per heavy atom. The normalized spacial score (nSPS) is 23.3. The Hall–Kier alpha value is -2.79. The molecule has 3 aliphatic rings. The van der Waals surface area contributed by atoms with Crippen molar-refractivity contribution in [2.45, 2.75) is 63.5 Å². The van der Waals surface area contributed by atoms with Gasteiger partial charge in [-0.2, -0.15) is 0 Å². The first kappa shape index (κ1) is 27.5. The van der Waals surface area contributed by atoms with Gasteiger partial charge in [0.2, 0.25) is 23.6 Å². The van der Waals surface area contributed by atoms with E-state index in [9.17, 15) is 23.6 Å². The second kappa shape index (κ2) is 15.2. The predicted molar refractivity (Wildman–Crippen MR) is 121 cm³/mol. The van der Waals surface area contributed by atoms with Crippen molar-refractivity contribution in [3.05, 3.63) is 23.8 Å². The zero-order chi connectivity index (χ0) is 24.8. The summed E-state index contributed by atoms with van der Waals surface area (Å²) in [6.07, 6.45) is 8.87. The number of amides is 4. The molecule has 3 rings (SSSR count). The van der Waals surface area contributed by atoms with Gasteiger partial charge in [0.15, 0.2) is 0 Å². The van der Waals surface area contributed by atoms with Crippen molar-refractivity contribution in [1.29, 1.82) is 0 Å². The molecule has 1 unspecified atom stereocenters. The molecule has 0 spiro atoms. The van der Waals surface area contributed by atoms with Gasteiger partial charge in [0, 0.05) is 31.9 Å². The molecule has 0 radical (unpaired) electrons.